The molecule has 1 heterocycles. The number of benzene rings is 2. The van der Waals surface area contributed by atoms with Gasteiger partial charge >= 0.3 is 5.97 Å². The molecule has 0 saturated carbocycles. The van der Waals surface area contributed by atoms with Gasteiger partial charge in [0.2, 0.25) is 0 Å². The monoisotopic (exact) mass is 468 g/mol. The normalized spacial score (nSPS) is 11.9. The number of nitrogens with zero attached hydrogens (tertiary/aromatic N) is 3. The molecule has 0 aliphatic heterocycles. The number of nitro benzene ring substituents is 1. The number of carbonyl (C=O) groups excluding carboxylic acids is 2. The summed E-state index contributed by atoms with van der Waals surface area (Å²) in [6.07, 6.45) is 1.64. The van der Waals surface area contributed by atoms with Crippen LogP contribution in [0.3, 0.4) is 0 Å². The number of amides is 1. The lowest BCUT2D eigenvalue weighted by atomic mass is 10.2. The maximum atomic E-state index is 12.4. The molecule has 0 saturated heterocycles. The Bertz CT molecular complexity index is 1240. The van der Waals surface area contributed by atoms with E-state index in [1.807, 2.05) is 44.2 Å². The lowest BCUT2D eigenvalue weighted by Crippen LogP contribution is -2.29. The third-order valence-electron chi connectivity index (χ3n) is 4.81. The van der Waals surface area contributed by atoms with Crippen molar-refractivity contribution in [2.45, 2.75) is 26.9 Å². The van der Waals surface area contributed by atoms with E-state index >= 15 is 0 Å². The number of halogens is 1. The zero-order valence-corrected chi connectivity index (χ0v) is 18.9. The summed E-state index contributed by atoms with van der Waals surface area (Å²) < 4.78 is 6.93. The summed E-state index contributed by atoms with van der Waals surface area (Å²) in [7, 11) is 0. The molecule has 3 rings (SSSR count). The molecule has 0 fully saturated rings. The van der Waals surface area contributed by atoms with Crippen LogP contribution in [0.5, 0.6) is 0 Å². The number of nitrogens with one attached hydrogen (secondary N) is 1. The second kappa shape index (κ2) is 10.1. The summed E-state index contributed by atoms with van der Waals surface area (Å²) in [6, 6.07) is 13.2. The molecule has 1 N–H and O–H groups in total. The van der Waals surface area contributed by atoms with Crippen LogP contribution in [0, 0.1) is 24.0 Å². The van der Waals surface area contributed by atoms with E-state index in [1.165, 1.54) is 25.1 Å². The third kappa shape index (κ3) is 5.64. The lowest BCUT2D eigenvalue weighted by Gasteiger charge is -2.13. The fourth-order valence-electron chi connectivity index (χ4n) is 3.09. The van der Waals surface area contributed by atoms with Crippen molar-refractivity contribution >= 4 is 40.9 Å². The van der Waals surface area contributed by atoms with Gasteiger partial charge in [0.25, 0.3) is 11.6 Å². The minimum Gasteiger partial charge on any atom is -0.449 e. The molecule has 2 aromatic carbocycles. The quantitative estimate of drug-likeness (QED) is 0.234. The van der Waals surface area contributed by atoms with Crippen LogP contribution in [-0.2, 0) is 14.3 Å². The first kappa shape index (κ1) is 23.7. The topological polar surface area (TPSA) is 116 Å². The number of anilines is 1. The Kier molecular flexibility index (Phi) is 7.24. The highest BCUT2D eigenvalue weighted by atomic mass is 35.5. The van der Waals surface area contributed by atoms with Crippen LogP contribution in [0.2, 0.25) is 5.02 Å². The number of aryl methyl sites for hydroxylation is 1. The summed E-state index contributed by atoms with van der Waals surface area (Å²) >= 11 is 5.98. The van der Waals surface area contributed by atoms with Crippen LogP contribution in [0.1, 0.15) is 23.9 Å². The van der Waals surface area contributed by atoms with E-state index in [1.54, 1.807) is 10.8 Å². The molecule has 0 spiro atoms. The number of para-hydroxylation sites is 1. The van der Waals surface area contributed by atoms with Crippen molar-refractivity contribution in [2.75, 3.05) is 5.32 Å². The van der Waals surface area contributed by atoms with Crippen molar-refractivity contribution in [1.82, 2.24) is 9.78 Å². The largest absolute Gasteiger partial charge is 0.449 e. The van der Waals surface area contributed by atoms with Gasteiger partial charge in [-0.2, -0.15) is 5.10 Å². The third-order valence-corrected chi connectivity index (χ3v) is 5.14. The summed E-state index contributed by atoms with van der Waals surface area (Å²) in [5.41, 5.74) is 3.04. The van der Waals surface area contributed by atoms with Crippen LogP contribution < -0.4 is 5.32 Å². The molecule has 0 bridgehead atoms. The fourth-order valence-corrected chi connectivity index (χ4v) is 3.26. The van der Waals surface area contributed by atoms with Crippen LogP contribution >= 0.6 is 11.6 Å². The number of carbonyl (C=O) groups is 2. The lowest BCUT2D eigenvalue weighted by molar-refractivity contribution is -0.384. The van der Waals surface area contributed by atoms with Gasteiger partial charge in [-0.1, -0.05) is 29.8 Å². The fraction of sp³-hybridized carbons (Fsp3) is 0.174. The van der Waals surface area contributed by atoms with Gasteiger partial charge < -0.3 is 10.1 Å². The van der Waals surface area contributed by atoms with Gasteiger partial charge in [-0.3, -0.25) is 14.9 Å². The van der Waals surface area contributed by atoms with Gasteiger partial charge in [-0.25, -0.2) is 9.48 Å². The Hall–Kier alpha value is -3.98. The second-order valence-corrected chi connectivity index (χ2v) is 7.56. The van der Waals surface area contributed by atoms with Crippen LogP contribution in [0.4, 0.5) is 11.4 Å². The van der Waals surface area contributed by atoms with E-state index in [2.05, 4.69) is 10.4 Å². The van der Waals surface area contributed by atoms with Gasteiger partial charge in [-0.15, -0.1) is 0 Å². The standard InChI is InChI=1S/C23H21ClN4O5/c1-14-19(15(2)27(26-14)17-7-5-4-6-8-17)10-12-22(29)33-16(3)23(30)25-21-13-18(28(31)32)9-11-20(21)24/h4-13,16H,1-3H3,(H,25,30)/b12-10+. The summed E-state index contributed by atoms with van der Waals surface area (Å²) in [6.45, 7) is 5.10. The Labute approximate surface area is 194 Å². The Morgan fingerprint density at radius 1 is 1.21 bits per heavy atom. The molecular formula is C23H21ClN4O5. The number of nitro groups is 1. The predicted octanol–water partition coefficient (Wildman–Crippen LogP) is 4.63. The zero-order chi connectivity index (χ0) is 24.1. The van der Waals surface area contributed by atoms with Gasteiger partial charge in [0.15, 0.2) is 6.10 Å². The highest BCUT2D eigenvalue weighted by molar-refractivity contribution is 6.33. The van der Waals surface area contributed by atoms with Crippen LogP contribution in [0.15, 0.2) is 54.6 Å². The van der Waals surface area contributed by atoms with Gasteiger partial charge in [-0.05, 0) is 45.0 Å². The summed E-state index contributed by atoms with van der Waals surface area (Å²) in [5, 5.41) is 18.0. The van der Waals surface area contributed by atoms with E-state index in [9.17, 15) is 19.7 Å². The molecule has 1 aromatic heterocycles. The van der Waals surface area contributed by atoms with Crippen molar-refractivity contribution < 1.29 is 19.2 Å². The van der Waals surface area contributed by atoms with Crippen molar-refractivity contribution in [2.24, 2.45) is 0 Å². The maximum Gasteiger partial charge on any atom is 0.331 e. The van der Waals surface area contributed by atoms with Gasteiger partial charge in [0.05, 0.1) is 27.0 Å². The molecule has 10 heteroatoms. The highest BCUT2D eigenvalue weighted by Gasteiger charge is 2.19. The summed E-state index contributed by atoms with van der Waals surface area (Å²) in [4.78, 5) is 34.9. The number of hydrogen-bond acceptors (Lipinski definition) is 6. The average molecular weight is 469 g/mol. The first-order valence-electron chi connectivity index (χ1n) is 9.92. The zero-order valence-electron chi connectivity index (χ0n) is 18.1. The second-order valence-electron chi connectivity index (χ2n) is 7.15. The Morgan fingerprint density at radius 2 is 1.91 bits per heavy atom. The molecular weight excluding hydrogens is 448 g/mol. The molecule has 170 valence electrons. The van der Waals surface area contributed by atoms with Crippen LogP contribution in [0.25, 0.3) is 11.8 Å². The Balaban J connectivity index is 1.66. The number of hydrogen-bond donors (Lipinski definition) is 1. The van der Waals surface area contributed by atoms with E-state index in [-0.39, 0.29) is 16.4 Å². The molecule has 0 aliphatic carbocycles. The first-order chi connectivity index (χ1) is 15.7. The van der Waals surface area contributed by atoms with Crippen molar-refractivity contribution in [1.29, 1.82) is 0 Å². The van der Waals surface area contributed by atoms with E-state index in [0.717, 1.165) is 28.7 Å². The average Bonchev–Trinajstić information content (AvgIpc) is 3.07. The first-order valence-corrected chi connectivity index (χ1v) is 10.3. The van der Waals surface area contributed by atoms with E-state index in [4.69, 9.17) is 16.3 Å². The minimum atomic E-state index is -1.16. The van der Waals surface area contributed by atoms with E-state index < -0.39 is 22.9 Å². The number of rotatable bonds is 7. The molecule has 0 aliphatic rings. The molecule has 33 heavy (non-hydrogen) atoms. The van der Waals surface area contributed by atoms with Crippen molar-refractivity contribution in [3.8, 4) is 5.69 Å². The molecule has 3 aromatic rings. The molecule has 1 amide bonds. The van der Waals surface area contributed by atoms with Crippen molar-refractivity contribution in [3.63, 3.8) is 0 Å². The van der Waals surface area contributed by atoms with Crippen LogP contribution in [-0.4, -0.2) is 32.7 Å². The van der Waals surface area contributed by atoms with Crippen molar-refractivity contribution in [3.05, 3.63) is 86.7 Å². The minimum absolute atomic E-state index is 0.0499. The Morgan fingerprint density at radius 3 is 2.58 bits per heavy atom. The summed E-state index contributed by atoms with van der Waals surface area (Å²) in [5.74, 6) is -1.41. The molecule has 1 atom stereocenters. The predicted molar refractivity (Wildman–Crippen MR) is 124 cm³/mol. The van der Waals surface area contributed by atoms with E-state index in [0.29, 0.717) is 0 Å². The van der Waals surface area contributed by atoms with Gasteiger partial charge in [0.1, 0.15) is 0 Å². The highest BCUT2D eigenvalue weighted by Crippen LogP contribution is 2.27. The van der Waals surface area contributed by atoms with Gasteiger partial charge in [0, 0.05) is 29.5 Å². The smallest absolute Gasteiger partial charge is 0.331 e. The molecule has 1 unspecified atom stereocenters. The SMILES string of the molecule is Cc1nn(-c2ccccc2)c(C)c1/C=C/C(=O)OC(C)C(=O)Nc1cc([N+](=O)[O-])ccc1Cl. The number of non-ortho nitro benzene ring substituents is 1. The number of ether oxygens (including phenoxy) is 1. The number of aromatic nitrogens is 2. The molecule has 0 radical (unpaired) electrons. The maximum absolute atomic E-state index is 12.4. The molecule has 9 nitrogen and oxygen atoms in total. The number of esters is 1.